The monoisotopic (exact) mass is 202 g/mol. The minimum absolute atomic E-state index is 0.153. The fourth-order valence-electron chi connectivity index (χ4n) is 1.17. The maximum Gasteiger partial charge on any atom is 0.0175 e. The third-order valence-corrected chi connectivity index (χ3v) is 2.13. The molecule has 0 rings (SSSR count). The van der Waals surface area contributed by atoms with Crippen LogP contribution in [0.4, 0.5) is 0 Å². The van der Waals surface area contributed by atoms with Gasteiger partial charge in [0.1, 0.15) is 0 Å². The largest absolute Gasteiger partial charge is 0.329 e. The first-order chi connectivity index (χ1) is 6.81. The van der Waals surface area contributed by atoms with Gasteiger partial charge < -0.3 is 22.1 Å². The summed E-state index contributed by atoms with van der Waals surface area (Å²) in [6, 6.07) is 0.153. The molecule has 1 unspecified atom stereocenters. The van der Waals surface area contributed by atoms with Crippen molar-refractivity contribution in [2.75, 3.05) is 32.7 Å². The minimum atomic E-state index is 0.153. The van der Waals surface area contributed by atoms with Crippen LogP contribution in [-0.2, 0) is 0 Å². The second-order valence-corrected chi connectivity index (χ2v) is 3.64. The van der Waals surface area contributed by atoms with Gasteiger partial charge in [-0.05, 0) is 45.4 Å². The van der Waals surface area contributed by atoms with Gasteiger partial charge in [0.05, 0.1) is 0 Å². The first-order valence-corrected chi connectivity index (χ1v) is 5.68. The molecule has 0 aliphatic carbocycles. The van der Waals surface area contributed by atoms with Gasteiger partial charge in [-0.1, -0.05) is 6.92 Å². The predicted octanol–water partition coefficient (Wildman–Crippen LogP) is -0.358. The zero-order valence-electron chi connectivity index (χ0n) is 9.39. The van der Waals surface area contributed by atoms with E-state index in [0.717, 1.165) is 32.6 Å². The van der Waals surface area contributed by atoms with Gasteiger partial charge in [-0.3, -0.25) is 0 Å². The zero-order valence-corrected chi connectivity index (χ0v) is 9.39. The lowest BCUT2D eigenvalue weighted by atomic mass is 10.2. The molecule has 0 amide bonds. The smallest absolute Gasteiger partial charge is 0.0175 e. The van der Waals surface area contributed by atoms with Gasteiger partial charge in [0.15, 0.2) is 0 Å². The Bertz CT molecular complexity index is 108. The van der Waals surface area contributed by atoms with E-state index in [9.17, 15) is 0 Å². The Hall–Kier alpha value is -0.160. The highest BCUT2D eigenvalue weighted by Crippen LogP contribution is 1.82. The number of nitrogens with one attached hydrogen (secondary N) is 2. The van der Waals surface area contributed by atoms with Gasteiger partial charge >= 0.3 is 0 Å². The molecule has 0 radical (unpaired) electrons. The van der Waals surface area contributed by atoms with E-state index in [0.29, 0.717) is 6.54 Å². The molecule has 4 heteroatoms. The first kappa shape index (κ1) is 13.8. The third-order valence-electron chi connectivity index (χ3n) is 2.13. The molecule has 14 heavy (non-hydrogen) atoms. The quantitative estimate of drug-likeness (QED) is 0.365. The van der Waals surface area contributed by atoms with Crippen molar-refractivity contribution >= 4 is 0 Å². The van der Waals surface area contributed by atoms with Crippen LogP contribution in [0.3, 0.4) is 0 Å². The highest BCUT2D eigenvalue weighted by atomic mass is 14.9. The molecule has 0 aromatic heterocycles. The Morgan fingerprint density at radius 3 is 2.29 bits per heavy atom. The second-order valence-electron chi connectivity index (χ2n) is 3.64. The molecule has 0 heterocycles. The molecule has 0 aromatic rings. The highest BCUT2D eigenvalue weighted by molar-refractivity contribution is 4.63. The average molecular weight is 202 g/mol. The summed E-state index contributed by atoms with van der Waals surface area (Å²) in [5.41, 5.74) is 11.1. The summed E-state index contributed by atoms with van der Waals surface area (Å²) < 4.78 is 0. The molecule has 0 aliphatic heterocycles. The van der Waals surface area contributed by atoms with E-state index >= 15 is 0 Å². The molecule has 1 atom stereocenters. The first-order valence-electron chi connectivity index (χ1n) is 5.68. The van der Waals surface area contributed by atoms with Crippen molar-refractivity contribution in [2.24, 2.45) is 11.5 Å². The van der Waals surface area contributed by atoms with Gasteiger partial charge in [-0.15, -0.1) is 0 Å². The van der Waals surface area contributed by atoms with E-state index < -0.39 is 0 Å². The molecule has 86 valence electrons. The molecule has 0 bridgehead atoms. The van der Waals surface area contributed by atoms with Crippen LogP contribution in [0.25, 0.3) is 0 Å². The molecule has 4 nitrogen and oxygen atoms in total. The van der Waals surface area contributed by atoms with Crippen LogP contribution in [-0.4, -0.2) is 38.8 Å². The molecule has 0 aromatic carbocycles. The van der Waals surface area contributed by atoms with E-state index in [1.807, 2.05) is 0 Å². The summed E-state index contributed by atoms with van der Waals surface area (Å²) in [7, 11) is 0. The van der Waals surface area contributed by atoms with E-state index in [1.54, 1.807) is 0 Å². The van der Waals surface area contributed by atoms with Gasteiger partial charge in [-0.2, -0.15) is 0 Å². The Morgan fingerprint density at radius 2 is 1.71 bits per heavy atom. The molecule has 6 N–H and O–H groups in total. The Kier molecular flexibility index (Phi) is 10.8. The van der Waals surface area contributed by atoms with Gasteiger partial charge in [0, 0.05) is 12.6 Å². The third kappa shape index (κ3) is 9.92. The van der Waals surface area contributed by atoms with Crippen molar-refractivity contribution in [3.05, 3.63) is 0 Å². The van der Waals surface area contributed by atoms with Crippen molar-refractivity contribution in [1.82, 2.24) is 10.6 Å². The molecule has 0 aliphatic rings. The van der Waals surface area contributed by atoms with Crippen LogP contribution < -0.4 is 22.1 Å². The highest BCUT2D eigenvalue weighted by Gasteiger charge is 1.97. The lowest BCUT2D eigenvalue weighted by Crippen LogP contribution is -2.33. The normalized spacial score (nSPS) is 13.1. The summed E-state index contributed by atoms with van der Waals surface area (Å²) in [5.74, 6) is 0. The molecule has 0 spiro atoms. The molecular weight excluding hydrogens is 176 g/mol. The molecular formula is C10H26N4. The lowest BCUT2D eigenvalue weighted by Gasteiger charge is -2.09. The second kappa shape index (κ2) is 10.9. The molecule has 0 saturated carbocycles. The van der Waals surface area contributed by atoms with Crippen molar-refractivity contribution < 1.29 is 0 Å². The fraction of sp³-hybridized carbons (Fsp3) is 1.00. The summed E-state index contributed by atoms with van der Waals surface area (Å²) in [6.45, 7) is 7.03. The van der Waals surface area contributed by atoms with Crippen LogP contribution in [0, 0.1) is 0 Å². The summed E-state index contributed by atoms with van der Waals surface area (Å²) in [6.07, 6.45) is 3.36. The van der Waals surface area contributed by atoms with Crippen LogP contribution in [0.5, 0.6) is 0 Å². The standard InChI is InChI=1S/C10H26N4/c1-2-5-13-6-3-7-14-8-4-10(12)9-11/h10,13-14H,2-9,11-12H2,1H3. The Labute approximate surface area is 87.8 Å². The summed E-state index contributed by atoms with van der Waals surface area (Å²) >= 11 is 0. The van der Waals surface area contributed by atoms with E-state index in [4.69, 9.17) is 11.5 Å². The Balaban J connectivity index is 2.92. The van der Waals surface area contributed by atoms with E-state index in [2.05, 4.69) is 17.6 Å². The van der Waals surface area contributed by atoms with Crippen molar-refractivity contribution in [3.63, 3.8) is 0 Å². The average Bonchev–Trinajstić information content (AvgIpc) is 2.21. The van der Waals surface area contributed by atoms with Gasteiger partial charge in [-0.25, -0.2) is 0 Å². The number of nitrogens with two attached hydrogens (primary N) is 2. The lowest BCUT2D eigenvalue weighted by molar-refractivity contribution is 0.545. The number of hydrogen-bond donors (Lipinski definition) is 4. The number of rotatable bonds is 10. The Morgan fingerprint density at radius 1 is 1.07 bits per heavy atom. The predicted molar refractivity (Wildman–Crippen MR) is 62.3 cm³/mol. The maximum absolute atomic E-state index is 5.68. The van der Waals surface area contributed by atoms with E-state index in [1.165, 1.54) is 12.8 Å². The minimum Gasteiger partial charge on any atom is -0.329 e. The van der Waals surface area contributed by atoms with Gasteiger partial charge in [0.25, 0.3) is 0 Å². The van der Waals surface area contributed by atoms with Crippen LogP contribution in [0.2, 0.25) is 0 Å². The van der Waals surface area contributed by atoms with Crippen molar-refractivity contribution in [1.29, 1.82) is 0 Å². The SMILES string of the molecule is CCCNCCCNCCC(N)CN. The number of hydrogen-bond acceptors (Lipinski definition) is 4. The van der Waals surface area contributed by atoms with Crippen LogP contribution in [0.1, 0.15) is 26.2 Å². The topological polar surface area (TPSA) is 76.1 Å². The van der Waals surface area contributed by atoms with Crippen molar-refractivity contribution in [3.8, 4) is 0 Å². The molecule has 0 fully saturated rings. The fourth-order valence-corrected chi connectivity index (χ4v) is 1.17. The maximum atomic E-state index is 5.68. The molecule has 0 saturated heterocycles. The van der Waals surface area contributed by atoms with Crippen LogP contribution >= 0.6 is 0 Å². The summed E-state index contributed by atoms with van der Waals surface area (Å²) in [4.78, 5) is 0. The van der Waals surface area contributed by atoms with Gasteiger partial charge in [0.2, 0.25) is 0 Å². The van der Waals surface area contributed by atoms with Crippen LogP contribution in [0.15, 0.2) is 0 Å². The van der Waals surface area contributed by atoms with E-state index in [-0.39, 0.29) is 6.04 Å². The van der Waals surface area contributed by atoms with Crippen molar-refractivity contribution in [2.45, 2.75) is 32.2 Å². The summed E-state index contributed by atoms with van der Waals surface area (Å²) in [5, 5.41) is 6.71. The zero-order chi connectivity index (χ0) is 10.6.